The van der Waals surface area contributed by atoms with Crippen molar-refractivity contribution in [2.45, 2.75) is 52.5 Å². The van der Waals surface area contributed by atoms with Crippen LogP contribution < -0.4 is 16.0 Å². The first kappa shape index (κ1) is 25.0. The highest BCUT2D eigenvalue weighted by Crippen LogP contribution is 2.08. The summed E-state index contributed by atoms with van der Waals surface area (Å²) in [4.78, 5) is 45.5. The van der Waals surface area contributed by atoms with E-state index in [9.17, 15) is 14.4 Å². The Morgan fingerprint density at radius 2 is 1.81 bits per heavy atom. The third kappa shape index (κ3) is 8.45. The molecular formula is C24H32N5O3. The Labute approximate surface area is 189 Å². The number of rotatable bonds is 12. The van der Waals surface area contributed by atoms with Crippen LogP contribution in [0.15, 0.2) is 42.9 Å². The molecule has 3 N–H and O–H groups in total. The molecule has 8 heteroatoms. The minimum Gasteiger partial charge on any atom is -0.349 e. The fourth-order valence-corrected chi connectivity index (χ4v) is 2.85. The van der Waals surface area contributed by atoms with E-state index in [4.69, 9.17) is 0 Å². The summed E-state index contributed by atoms with van der Waals surface area (Å²) in [5.74, 6) is -0.884. The van der Waals surface area contributed by atoms with Gasteiger partial charge in [-0.2, -0.15) is 0 Å². The molecule has 8 nitrogen and oxygen atoms in total. The van der Waals surface area contributed by atoms with Gasteiger partial charge in [0.1, 0.15) is 11.7 Å². The molecule has 171 valence electrons. The molecule has 1 radical (unpaired) electrons. The van der Waals surface area contributed by atoms with Gasteiger partial charge >= 0.3 is 0 Å². The van der Waals surface area contributed by atoms with Gasteiger partial charge in [0.15, 0.2) is 0 Å². The van der Waals surface area contributed by atoms with Crippen molar-refractivity contribution in [3.05, 3.63) is 66.2 Å². The highest BCUT2D eigenvalue weighted by molar-refractivity contribution is 5.98. The van der Waals surface area contributed by atoms with Gasteiger partial charge in [-0.25, -0.2) is 4.98 Å². The SMILES string of the molecule is CCCCc1ccc(C(=O)N[C@@H](CNC(=O)c2cnccn2)C(=O)N[CH]CC(C)C)cc1. The third-order valence-corrected chi connectivity index (χ3v) is 4.75. The Balaban J connectivity index is 2.02. The summed E-state index contributed by atoms with van der Waals surface area (Å²) in [6.07, 6.45) is 8.05. The predicted molar refractivity (Wildman–Crippen MR) is 123 cm³/mol. The third-order valence-electron chi connectivity index (χ3n) is 4.75. The van der Waals surface area contributed by atoms with Crippen LogP contribution in [0.25, 0.3) is 0 Å². The lowest BCUT2D eigenvalue weighted by Gasteiger charge is -2.19. The molecule has 0 aliphatic rings. The van der Waals surface area contributed by atoms with Crippen LogP contribution in [0, 0.1) is 12.5 Å². The number of benzene rings is 1. The van der Waals surface area contributed by atoms with E-state index in [1.807, 2.05) is 26.0 Å². The van der Waals surface area contributed by atoms with Crippen LogP contribution in [0.4, 0.5) is 0 Å². The second-order valence-corrected chi connectivity index (χ2v) is 7.97. The number of carbonyl (C=O) groups excluding carboxylic acids is 3. The molecule has 0 saturated carbocycles. The van der Waals surface area contributed by atoms with E-state index in [0.29, 0.717) is 17.9 Å². The maximum atomic E-state index is 12.7. The zero-order chi connectivity index (χ0) is 23.3. The van der Waals surface area contributed by atoms with E-state index in [-0.39, 0.29) is 18.1 Å². The lowest BCUT2D eigenvalue weighted by Crippen LogP contribution is -2.52. The second-order valence-electron chi connectivity index (χ2n) is 7.97. The molecule has 0 saturated heterocycles. The van der Waals surface area contributed by atoms with E-state index in [1.165, 1.54) is 18.6 Å². The molecule has 1 aromatic heterocycles. The number of hydrogen-bond donors (Lipinski definition) is 3. The van der Waals surface area contributed by atoms with Crippen LogP contribution in [0.1, 0.15) is 66.4 Å². The van der Waals surface area contributed by atoms with Crippen molar-refractivity contribution in [3.63, 3.8) is 0 Å². The Morgan fingerprint density at radius 1 is 1.06 bits per heavy atom. The first-order valence-electron chi connectivity index (χ1n) is 11.0. The number of amides is 3. The zero-order valence-electron chi connectivity index (χ0n) is 18.9. The normalized spacial score (nSPS) is 11.6. The largest absolute Gasteiger partial charge is 0.349 e. The molecule has 0 bridgehead atoms. The number of aromatic nitrogens is 2. The van der Waals surface area contributed by atoms with Crippen LogP contribution in [0.3, 0.4) is 0 Å². The van der Waals surface area contributed by atoms with Crippen molar-refractivity contribution in [2.24, 2.45) is 5.92 Å². The molecule has 0 spiro atoms. The van der Waals surface area contributed by atoms with E-state index in [2.05, 4.69) is 32.8 Å². The molecule has 0 aliphatic carbocycles. The summed E-state index contributed by atoms with van der Waals surface area (Å²) < 4.78 is 0. The molecule has 1 heterocycles. The summed E-state index contributed by atoms with van der Waals surface area (Å²) >= 11 is 0. The quantitative estimate of drug-likeness (QED) is 0.472. The topological polar surface area (TPSA) is 113 Å². The Morgan fingerprint density at radius 3 is 2.44 bits per heavy atom. The van der Waals surface area contributed by atoms with Crippen molar-refractivity contribution >= 4 is 17.7 Å². The number of aryl methyl sites for hydroxylation is 1. The van der Waals surface area contributed by atoms with Gasteiger partial charge in [0, 0.05) is 31.0 Å². The monoisotopic (exact) mass is 438 g/mol. The van der Waals surface area contributed by atoms with Crippen LogP contribution in [0.2, 0.25) is 0 Å². The highest BCUT2D eigenvalue weighted by atomic mass is 16.2. The summed E-state index contributed by atoms with van der Waals surface area (Å²) in [6.45, 7) is 7.78. The van der Waals surface area contributed by atoms with Gasteiger partial charge in [-0.1, -0.05) is 39.3 Å². The van der Waals surface area contributed by atoms with Crippen molar-refractivity contribution < 1.29 is 14.4 Å². The summed E-state index contributed by atoms with van der Waals surface area (Å²) in [7, 11) is 0. The molecule has 0 aliphatic heterocycles. The minimum absolute atomic E-state index is 0.0862. The van der Waals surface area contributed by atoms with E-state index in [1.54, 1.807) is 18.7 Å². The lowest BCUT2D eigenvalue weighted by atomic mass is 10.1. The van der Waals surface area contributed by atoms with Crippen molar-refractivity contribution in [1.29, 1.82) is 0 Å². The van der Waals surface area contributed by atoms with Crippen LogP contribution >= 0.6 is 0 Å². The molecule has 3 amide bonds. The number of nitrogens with zero attached hydrogens (tertiary/aromatic N) is 2. The summed E-state index contributed by atoms with van der Waals surface area (Å²) in [6, 6.07) is 6.39. The number of nitrogens with one attached hydrogen (secondary N) is 3. The maximum Gasteiger partial charge on any atom is 0.271 e. The van der Waals surface area contributed by atoms with Gasteiger partial charge < -0.3 is 16.0 Å². The lowest BCUT2D eigenvalue weighted by molar-refractivity contribution is -0.122. The van der Waals surface area contributed by atoms with Gasteiger partial charge in [-0.3, -0.25) is 19.4 Å². The number of unbranched alkanes of at least 4 members (excludes halogenated alkanes) is 1. The summed E-state index contributed by atoms with van der Waals surface area (Å²) in [5.41, 5.74) is 1.75. The van der Waals surface area contributed by atoms with Gasteiger partial charge in [-0.05, 0) is 42.9 Å². The molecule has 32 heavy (non-hydrogen) atoms. The van der Waals surface area contributed by atoms with Gasteiger partial charge in [-0.15, -0.1) is 0 Å². The number of hydrogen-bond acceptors (Lipinski definition) is 5. The van der Waals surface area contributed by atoms with E-state index < -0.39 is 17.9 Å². The zero-order valence-corrected chi connectivity index (χ0v) is 18.9. The fraction of sp³-hybridized carbons (Fsp3) is 0.417. The maximum absolute atomic E-state index is 12.7. The molecule has 2 aromatic rings. The van der Waals surface area contributed by atoms with Crippen molar-refractivity contribution in [2.75, 3.05) is 6.54 Å². The molecule has 0 unspecified atom stereocenters. The standard InChI is InChI=1S/C24H32N5O3/c1-4-5-6-18-7-9-19(10-8-18)22(30)29-21(24(32)27-12-11-17(2)3)16-28-23(31)20-15-25-13-14-26-20/h7-10,12-15,17,21H,4-6,11,16H2,1-3H3,(H,27,32)(H,28,31)(H,29,30)/t21-/m0/s1. The summed E-state index contributed by atoms with van der Waals surface area (Å²) in [5, 5.41) is 8.07. The van der Waals surface area contributed by atoms with Gasteiger partial charge in [0.2, 0.25) is 5.91 Å². The van der Waals surface area contributed by atoms with E-state index >= 15 is 0 Å². The molecule has 2 rings (SSSR count). The minimum atomic E-state index is -0.952. The Bertz CT molecular complexity index is 869. The Kier molecular flexibility index (Phi) is 10.3. The van der Waals surface area contributed by atoms with Crippen molar-refractivity contribution in [1.82, 2.24) is 25.9 Å². The van der Waals surface area contributed by atoms with E-state index in [0.717, 1.165) is 24.8 Å². The van der Waals surface area contributed by atoms with Crippen molar-refractivity contribution in [3.8, 4) is 0 Å². The fourth-order valence-electron chi connectivity index (χ4n) is 2.85. The molecule has 0 fully saturated rings. The van der Waals surface area contributed by atoms with Gasteiger partial charge in [0.25, 0.3) is 11.8 Å². The molecular weight excluding hydrogens is 406 g/mol. The first-order valence-corrected chi connectivity index (χ1v) is 11.0. The predicted octanol–water partition coefficient (Wildman–Crippen LogP) is 2.67. The smallest absolute Gasteiger partial charge is 0.271 e. The second kappa shape index (κ2) is 13.2. The Hall–Kier alpha value is -3.29. The average molecular weight is 439 g/mol. The highest BCUT2D eigenvalue weighted by Gasteiger charge is 2.23. The van der Waals surface area contributed by atoms with Gasteiger partial charge in [0.05, 0.1) is 6.20 Å². The van der Waals surface area contributed by atoms with Crippen LogP contribution in [-0.4, -0.2) is 40.3 Å². The first-order chi connectivity index (χ1) is 15.4. The molecule has 1 atom stereocenters. The number of carbonyl (C=O) groups is 3. The van der Waals surface area contributed by atoms with Crippen LogP contribution in [0.5, 0.6) is 0 Å². The average Bonchev–Trinajstić information content (AvgIpc) is 2.80. The van der Waals surface area contributed by atoms with Crippen LogP contribution in [-0.2, 0) is 11.2 Å². The molecule has 1 aromatic carbocycles.